The fourth-order valence-corrected chi connectivity index (χ4v) is 4.78. The molecule has 4 unspecified atom stereocenters. The Bertz CT molecular complexity index is 498. The van der Waals surface area contributed by atoms with E-state index in [0.717, 1.165) is 23.7 Å². The van der Waals surface area contributed by atoms with Gasteiger partial charge in [-0.05, 0) is 42.2 Å². The van der Waals surface area contributed by atoms with Gasteiger partial charge in [0.25, 0.3) is 0 Å². The maximum Gasteiger partial charge on any atom is 0.00941 e. The summed E-state index contributed by atoms with van der Waals surface area (Å²) in [5.74, 6) is 3.37. The van der Waals surface area contributed by atoms with Crippen LogP contribution in [0.25, 0.3) is 0 Å². The minimum absolute atomic E-state index is 0.819. The Balaban J connectivity index is 1.77. The van der Waals surface area contributed by atoms with Crippen molar-refractivity contribution in [3.05, 3.63) is 46.6 Å². The van der Waals surface area contributed by atoms with E-state index in [2.05, 4.69) is 24.3 Å². The van der Waals surface area contributed by atoms with Crippen LogP contribution in [0.1, 0.15) is 19.3 Å². The summed E-state index contributed by atoms with van der Waals surface area (Å²) < 4.78 is 0. The number of hydrogen-bond donors (Lipinski definition) is 0. The summed E-state index contributed by atoms with van der Waals surface area (Å²) in [6, 6.07) is 0. The third-order valence-corrected chi connectivity index (χ3v) is 5.18. The first-order valence-corrected chi connectivity index (χ1v) is 6.24. The van der Waals surface area contributed by atoms with Gasteiger partial charge in [-0.2, -0.15) is 0 Å². The van der Waals surface area contributed by atoms with Crippen LogP contribution in [0.5, 0.6) is 0 Å². The highest BCUT2D eigenvalue weighted by Gasteiger charge is 2.52. The van der Waals surface area contributed by atoms with Crippen LogP contribution in [0.15, 0.2) is 46.6 Å². The van der Waals surface area contributed by atoms with Crippen LogP contribution < -0.4 is 0 Å². The lowest BCUT2D eigenvalue weighted by atomic mass is 9.75. The van der Waals surface area contributed by atoms with Gasteiger partial charge < -0.3 is 0 Å². The lowest BCUT2D eigenvalue weighted by Crippen LogP contribution is -2.19. The van der Waals surface area contributed by atoms with E-state index < -0.39 is 0 Å². The Hall–Kier alpha value is -1.04. The van der Waals surface area contributed by atoms with Crippen LogP contribution in [0.4, 0.5) is 0 Å². The quantitative estimate of drug-likeness (QED) is 0.518. The van der Waals surface area contributed by atoms with E-state index >= 15 is 0 Å². The van der Waals surface area contributed by atoms with Crippen molar-refractivity contribution in [3.63, 3.8) is 0 Å². The topological polar surface area (TPSA) is 0 Å². The van der Waals surface area contributed by atoms with Crippen molar-refractivity contribution in [2.24, 2.45) is 23.7 Å². The number of hydrogen-bond acceptors (Lipinski definition) is 0. The molecule has 74 valence electrons. The first-order valence-electron chi connectivity index (χ1n) is 6.24. The van der Waals surface area contributed by atoms with Crippen molar-refractivity contribution in [2.75, 3.05) is 0 Å². The summed E-state index contributed by atoms with van der Waals surface area (Å²) in [7, 11) is 0. The summed E-state index contributed by atoms with van der Waals surface area (Å²) in [5, 5.41) is 0. The second-order valence-corrected chi connectivity index (χ2v) is 5.68. The van der Waals surface area contributed by atoms with Crippen LogP contribution in [-0.4, -0.2) is 0 Å². The van der Waals surface area contributed by atoms with Gasteiger partial charge in [-0.1, -0.05) is 35.5 Å². The predicted molar refractivity (Wildman–Crippen MR) is 60.1 cm³/mol. The molecule has 5 rings (SSSR count). The Morgan fingerprint density at radius 2 is 2.00 bits per heavy atom. The molecule has 0 spiro atoms. The van der Waals surface area contributed by atoms with Gasteiger partial charge in [0, 0.05) is 11.8 Å². The maximum atomic E-state index is 2.49. The molecule has 0 N–H and O–H groups in total. The fraction of sp³-hybridized carbons (Fsp3) is 0.467. The van der Waals surface area contributed by atoms with Crippen molar-refractivity contribution in [1.29, 1.82) is 0 Å². The molecule has 0 aromatic rings. The van der Waals surface area contributed by atoms with E-state index in [1.165, 1.54) is 19.3 Å². The normalized spacial score (nSPS) is 47.5. The number of fused-ring (bicyclic) bond motifs is 5. The van der Waals surface area contributed by atoms with Crippen molar-refractivity contribution in [2.45, 2.75) is 19.3 Å². The first-order chi connectivity index (χ1) is 7.43. The van der Waals surface area contributed by atoms with Crippen LogP contribution >= 0.6 is 0 Å². The zero-order chi connectivity index (χ0) is 9.57. The molecule has 6 bridgehead atoms. The van der Waals surface area contributed by atoms with Gasteiger partial charge in [-0.3, -0.25) is 0 Å². The molecule has 0 fully saturated rings. The largest absolute Gasteiger partial charge is 0.0841 e. The van der Waals surface area contributed by atoms with Crippen molar-refractivity contribution < 1.29 is 0 Å². The van der Waals surface area contributed by atoms with Crippen molar-refractivity contribution >= 4 is 0 Å². The van der Waals surface area contributed by atoms with Gasteiger partial charge in [0.05, 0.1) is 0 Å². The third kappa shape index (κ3) is 0.624. The molecular weight excluding hydrogens is 180 g/mol. The van der Waals surface area contributed by atoms with E-state index in [4.69, 9.17) is 0 Å². The molecule has 0 aliphatic heterocycles. The minimum atomic E-state index is 0.819. The summed E-state index contributed by atoms with van der Waals surface area (Å²) >= 11 is 0. The Morgan fingerprint density at radius 1 is 1.07 bits per heavy atom. The van der Waals surface area contributed by atoms with Gasteiger partial charge in [-0.15, -0.1) is 0 Å². The third-order valence-electron chi connectivity index (χ3n) is 5.18. The molecule has 0 saturated carbocycles. The second kappa shape index (κ2) is 2.07. The first kappa shape index (κ1) is 7.27. The Morgan fingerprint density at radius 3 is 3.00 bits per heavy atom. The van der Waals surface area contributed by atoms with Gasteiger partial charge in [0.1, 0.15) is 0 Å². The van der Waals surface area contributed by atoms with E-state index in [1.54, 1.807) is 5.57 Å². The number of rotatable bonds is 0. The summed E-state index contributed by atoms with van der Waals surface area (Å²) in [5.41, 5.74) is 7.27. The zero-order valence-electron chi connectivity index (χ0n) is 8.74. The molecule has 4 atom stereocenters. The fourth-order valence-electron chi connectivity index (χ4n) is 4.78. The van der Waals surface area contributed by atoms with Crippen molar-refractivity contribution in [3.8, 4) is 0 Å². The van der Waals surface area contributed by atoms with Gasteiger partial charge >= 0.3 is 0 Å². The summed E-state index contributed by atoms with van der Waals surface area (Å²) in [6.07, 6.45) is 13.9. The van der Waals surface area contributed by atoms with Gasteiger partial charge in [0.15, 0.2) is 0 Å². The van der Waals surface area contributed by atoms with E-state index in [9.17, 15) is 0 Å². The lowest BCUT2D eigenvalue weighted by Gasteiger charge is -2.29. The van der Waals surface area contributed by atoms with Crippen LogP contribution in [0.2, 0.25) is 0 Å². The smallest absolute Gasteiger partial charge is 0.00941 e. The van der Waals surface area contributed by atoms with Crippen LogP contribution in [0, 0.1) is 23.7 Å². The molecule has 0 heterocycles. The van der Waals surface area contributed by atoms with Crippen molar-refractivity contribution in [1.82, 2.24) is 0 Å². The highest BCUT2D eigenvalue weighted by Crippen LogP contribution is 2.64. The molecule has 5 aliphatic carbocycles. The average molecular weight is 194 g/mol. The molecule has 0 saturated heterocycles. The lowest BCUT2D eigenvalue weighted by molar-refractivity contribution is 0.496. The molecule has 0 nitrogen and oxygen atoms in total. The van der Waals surface area contributed by atoms with Gasteiger partial charge in [-0.25, -0.2) is 0 Å². The molecular formula is C15H14. The highest BCUT2D eigenvalue weighted by atomic mass is 14.6. The Kier molecular flexibility index (Phi) is 1.00. The zero-order valence-corrected chi connectivity index (χ0v) is 8.74. The molecule has 0 amide bonds. The molecule has 15 heavy (non-hydrogen) atoms. The van der Waals surface area contributed by atoms with Gasteiger partial charge in [0.2, 0.25) is 0 Å². The molecule has 0 aromatic heterocycles. The monoisotopic (exact) mass is 194 g/mol. The highest BCUT2D eigenvalue weighted by molar-refractivity contribution is 5.63. The second-order valence-electron chi connectivity index (χ2n) is 5.68. The standard InChI is InChI=1S/C15H14/c1-2-8-7-12-11(3-1)13(8)15-10-5-4-9(6-10)14(12)15/h1-2,4-5,8-10,13H,3,6-7H2. The minimum Gasteiger partial charge on any atom is -0.0841 e. The molecule has 0 heteroatoms. The average Bonchev–Trinajstić information content (AvgIpc) is 2.96. The van der Waals surface area contributed by atoms with E-state index in [0.29, 0.717) is 0 Å². The number of allylic oxidation sites excluding steroid dienone is 8. The van der Waals surface area contributed by atoms with Crippen LogP contribution in [0.3, 0.4) is 0 Å². The molecule has 0 aromatic carbocycles. The Labute approximate surface area is 90.1 Å². The van der Waals surface area contributed by atoms with E-state index in [-0.39, 0.29) is 0 Å². The predicted octanol–water partition coefficient (Wildman–Crippen LogP) is 3.40. The van der Waals surface area contributed by atoms with E-state index in [1.807, 2.05) is 16.7 Å². The van der Waals surface area contributed by atoms with Crippen LogP contribution in [-0.2, 0) is 0 Å². The molecule has 0 radical (unpaired) electrons. The summed E-state index contributed by atoms with van der Waals surface area (Å²) in [6.45, 7) is 0. The molecule has 5 aliphatic rings. The summed E-state index contributed by atoms with van der Waals surface area (Å²) in [4.78, 5) is 0. The maximum absolute atomic E-state index is 2.49. The SMILES string of the molecule is C1=CC2CC3=C(C1)C2C1=C3C2C=CC1C2.